The van der Waals surface area contributed by atoms with Crippen LogP contribution in [0.1, 0.15) is 28.9 Å². The fraction of sp³-hybridized carbons (Fsp3) is 0.357. The minimum absolute atomic E-state index is 0.108. The molecule has 1 atom stereocenters. The number of ketones is 1. The molecule has 0 spiro atoms. The number of benzene rings is 1. The van der Waals surface area contributed by atoms with Gasteiger partial charge in [-0.15, -0.1) is 11.3 Å². The molecular weight excluding hydrogens is 267 g/mol. The van der Waals surface area contributed by atoms with E-state index < -0.39 is 0 Å². The summed E-state index contributed by atoms with van der Waals surface area (Å²) in [6.07, 6.45) is 3.33. The van der Waals surface area contributed by atoms with Gasteiger partial charge in [0.25, 0.3) is 0 Å². The first-order valence-corrected chi connectivity index (χ1v) is 7.95. The van der Waals surface area contributed by atoms with E-state index in [0.717, 1.165) is 33.6 Å². The molecule has 0 radical (unpaired) electrons. The van der Waals surface area contributed by atoms with Gasteiger partial charge in [0.2, 0.25) is 0 Å². The standard InChI is InChI=1S/C14H13FOS2/c15-10-5-4-9-7-13(18-12(9)8-10)14(16)11-3-1-2-6-17-11/h4-5,7-8,11H,1-3,6H2. The summed E-state index contributed by atoms with van der Waals surface area (Å²) in [4.78, 5) is 13.1. The third kappa shape index (κ3) is 2.31. The Kier molecular flexibility index (Phi) is 3.39. The first-order chi connectivity index (χ1) is 8.74. The molecule has 1 aromatic heterocycles. The summed E-state index contributed by atoms with van der Waals surface area (Å²) < 4.78 is 14.0. The number of thioether (sulfide) groups is 1. The second-order valence-corrected chi connectivity index (χ2v) is 6.91. The molecule has 1 nitrogen and oxygen atoms in total. The molecule has 1 unspecified atom stereocenters. The Bertz CT molecular complexity index is 584. The molecule has 94 valence electrons. The maximum atomic E-state index is 13.1. The zero-order valence-electron chi connectivity index (χ0n) is 9.82. The lowest BCUT2D eigenvalue weighted by Gasteiger charge is -2.18. The van der Waals surface area contributed by atoms with Crippen LogP contribution in [0.15, 0.2) is 24.3 Å². The van der Waals surface area contributed by atoms with E-state index >= 15 is 0 Å². The van der Waals surface area contributed by atoms with Gasteiger partial charge in [-0.2, -0.15) is 11.8 Å². The normalized spacial score (nSPS) is 20.2. The number of fused-ring (bicyclic) bond motifs is 1. The van der Waals surface area contributed by atoms with Crippen LogP contribution in [0, 0.1) is 5.82 Å². The molecular formula is C14H13FOS2. The molecule has 1 fully saturated rings. The summed E-state index contributed by atoms with van der Waals surface area (Å²) in [5, 5.41) is 1.07. The summed E-state index contributed by atoms with van der Waals surface area (Å²) in [5.74, 6) is 1.06. The Labute approximate surface area is 113 Å². The van der Waals surface area contributed by atoms with Crippen LogP contribution in [0.5, 0.6) is 0 Å². The summed E-state index contributed by atoms with van der Waals surface area (Å²) in [5.41, 5.74) is 0. The molecule has 2 heterocycles. The van der Waals surface area contributed by atoms with Crippen LogP contribution < -0.4 is 0 Å². The van der Waals surface area contributed by atoms with Crippen molar-refractivity contribution < 1.29 is 9.18 Å². The van der Waals surface area contributed by atoms with E-state index in [9.17, 15) is 9.18 Å². The number of hydrogen-bond acceptors (Lipinski definition) is 3. The Hall–Kier alpha value is -0.870. The van der Waals surface area contributed by atoms with Crippen LogP contribution >= 0.6 is 23.1 Å². The molecule has 0 aliphatic carbocycles. The number of carbonyl (C=O) groups is 1. The van der Waals surface area contributed by atoms with Gasteiger partial charge in [0.1, 0.15) is 5.82 Å². The van der Waals surface area contributed by atoms with Crippen LogP contribution in [0.2, 0.25) is 0 Å². The monoisotopic (exact) mass is 280 g/mol. The molecule has 18 heavy (non-hydrogen) atoms. The zero-order chi connectivity index (χ0) is 12.5. The van der Waals surface area contributed by atoms with Gasteiger partial charge in [0.05, 0.1) is 10.1 Å². The number of carbonyl (C=O) groups excluding carboxylic acids is 1. The first-order valence-electron chi connectivity index (χ1n) is 6.09. The number of thiophene rings is 1. The molecule has 0 amide bonds. The Morgan fingerprint density at radius 2 is 2.17 bits per heavy atom. The van der Waals surface area contributed by atoms with Crippen LogP contribution in [0.4, 0.5) is 4.39 Å². The van der Waals surface area contributed by atoms with Gasteiger partial charge in [-0.3, -0.25) is 4.79 Å². The van der Waals surface area contributed by atoms with Gasteiger partial charge in [-0.25, -0.2) is 4.39 Å². The van der Waals surface area contributed by atoms with Crippen molar-refractivity contribution in [1.29, 1.82) is 0 Å². The topological polar surface area (TPSA) is 17.1 Å². The predicted octanol–water partition coefficient (Wildman–Crippen LogP) is 4.51. The fourth-order valence-electron chi connectivity index (χ4n) is 2.23. The molecule has 0 bridgehead atoms. The summed E-state index contributed by atoms with van der Waals surface area (Å²) in [6.45, 7) is 0. The SMILES string of the molecule is O=C(c1cc2ccc(F)cc2s1)C1CCCCS1. The molecule has 0 N–H and O–H groups in total. The quantitative estimate of drug-likeness (QED) is 0.753. The van der Waals surface area contributed by atoms with Gasteiger partial charge in [0.15, 0.2) is 5.78 Å². The van der Waals surface area contributed by atoms with Crippen molar-refractivity contribution in [3.63, 3.8) is 0 Å². The average Bonchev–Trinajstić information content (AvgIpc) is 2.81. The van der Waals surface area contributed by atoms with Crippen molar-refractivity contribution in [2.45, 2.75) is 24.5 Å². The fourth-order valence-corrected chi connectivity index (χ4v) is 4.66. The molecule has 0 saturated carbocycles. The number of rotatable bonds is 2. The van der Waals surface area contributed by atoms with Crippen molar-refractivity contribution in [2.24, 2.45) is 0 Å². The Morgan fingerprint density at radius 1 is 1.28 bits per heavy atom. The molecule has 1 aliphatic rings. The smallest absolute Gasteiger partial charge is 0.185 e. The number of halogens is 1. The lowest BCUT2D eigenvalue weighted by atomic mass is 10.1. The van der Waals surface area contributed by atoms with E-state index in [1.807, 2.05) is 6.07 Å². The van der Waals surface area contributed by atoms with Crippen molar-refractivity contribution in [1.82, 2.24) is 0 Å². The molecule has 1 aromatic carbocycles. The molecule has 2 aromatic rings. The third-order valence-corrected chi connectivity index (χ3v) is 5.69. The molecule has 3 rings (SSSR count). The van der Waals surface area contributed by atoms with Crippen molar-refractivity contribution in [3.05, 3.63) is 35.0 Å². The van der Waals surface area contributed by atoms with Crippen LogP contribution in [0.3, 0.4) is 0 Å². The number of Topliss-reactive ketones (excluding diaryl/α,β-unsaturated/α-hetero) is 1. The van der Waals surface area contributed by atoms with Gasteiger partial charge in [-0.1, -0.05) is 12.5 Å². The van der Waals surface area contributed by atoms with Crippen LogP contribution in [-0.4, -0.2) is 16.8 Å². The first kappa shape index (κ1) is 12.2. The van der Waals surface area contributed by atoms with E-state index in [0.29, 0.717) is 0 Å². The van der Waals surface area contributed by atoms with E-state index in [-0.39, 0.29) is 16.9 Å². The highest BCUT2D eigenvalue weighted by molar-refractivity contribution is 8.00. The highest BCUT2D eigenvalue weighted by Gasteiger charge is 2.24. The van der Waals surface area contributed by atoms with Crippen LogP contribution in [0.25, 0.3) is 10.1 Å². The minimum Gasteiger partial charge on any atom is -0.292 e. The Balaban J connectivity index is 1.91. The largest absolute Gasteiger partial charge is 0.292 e. The van der Waals surface area contributed by atoms with Crippen molar-refractivity contribution in [3.8, 4) is 0 Å². The van der Waals surface area contributed by atoms with Gasteiger partial charge in [-0.05, 0) is 42.2 Å². The highest BCUT2D eigenvalue weighted by Crippen LogP contribution is 2.32. The van der Waals surface area contributed by atoms with E-state index in [2.05, 4.69) is 0 Å². The zero-order valence-corrected chi connectivity index (χ0v) is 11.5. The van der Waals surface area contributed by atoms with Gasteiger partial charge < -0.3 is 0 Å². The maximum absolute atomic E-state index is 13.1. The van der Waals surface area contributed by atoms with E-state index in [1.54, 1.807) is 17.8 Å². The van der Waals surface area contributed by atoms with Crippen molar-refractivity contribution >= 4 is 39.0 Å². The number of hydrogen-bond donors (Lipinski definition) is 0. The lowest BCUT2D eigenvalue weighted by molar-refractivity contribution is 0.0989. The lowest BCUT2D eigenvalue weighted by Crippen LogP contribution is -2.19. The van der Waals surface area contributed by atoms with Gasteiger partial charge >= 0.3 is 0 Å². The second kappa shape index (κ2) is 5.02. The predicted molar refractivity (Wildman–Crippen MR) is 76.2 cm³/mol. The summed E-state index contributed by atoms with van der Waals surface area (Å²) in [7, 11) is 0. The minimum atomic E-state index is -0.240. The third-order valence-electron chi connectivity index (χ3n) is 3.20. The van der Waals surface area contributed by atoms with E-state index in [1.165, 1.54) is 29.9 Å². The maximum Gasteiger partial charge on any atom is 0.185 e. The molecule has 1 saturated heterocycles. The molecule has 4 heteroatoms. The van der Waals surface area contributed by atoms with E-state index in [4.69, 9.17) is 0 Å². The second-order valence-electron chi connectivity index (χ2n) is 4.51. The molecule has 1 aliphatic heterocycles. The average molecular weight is 280 g/mol. The highest BCUT2D eigenvalue weighted by atomic mass is 32.2. The summed E-state index contributed by atoms with van der Waals surface area (Å²) in [6, 6.07) is 6.59. The van der Waals surface area contributed by atoms with Crippen LogP contribution in [-0.2, 0) is 0 Å². The van der Waals surface area contributed by atoms with Crippen molar-refractivity contribution in [2.75, 3.05) is 5.75 Å². The Morgan fingerprint density at radius 3 is 2.94 bits per heavy atom. The summed E-state index contributed by atoms with van der Waals surface area (Å²) >= 11 is 3.17. The van der Waals surface area contributed by atoms with Gasteiger partial charge in [0, 0.05) is 4.70 Å².